The fourth-order valence-electron chi connectivity index (χ4n) is 4.02. The minimum atomic E-state index is -3.47. The summed E-state index contributed by atoms with van der Waals surface area (Å²) in [5.41, 5.74) is 6.90. The van der Waals surface area contributed by atoms with E-state index in [-0.39, 0.29) is 12.2 Å². The lowest BCUT2D eigenvalue weighted by Crippen LogP contribution is -2.57. The Morgan fingerprint density at radius 1 is 1.03 bits per heavy atom. The fourth-order valence-corrected chi connectivity index (χ4v) is 5.77. The summed E-state index contributed by atoms with van der Waals surface area (Å²) in [5, 5.41) is 0.848. The highest BCUT2D eigenvalue weighted by atomic mass is 32.2. The van der Waals surface area contributed by atoms with E-state index in [0.29, 0.717) is 57.5 Å². The molecule has 2 saturated heterocycles. The third-order valence-corrected chi connectivity index (χ3v) is 7.38. The number of morpholine rings is 1. The molecule has 29 heavy (non-hydrogen) atoms. The number of aromatic nitrogens is 2. The van der Waals surface area contributed by atoms with E-state index < -0.39 is 10.2 Å². The van der Waals surface area contributed by atoms with Gasteiger partial charge < -0.3 is 10.5 Å². The summed E-state index contributed by atoms with van der Waals surface area (Å²) < 4.78 is 34.8. The van der Waals surface area contributed by atoms with Gasteiger partial charge in [0.2, 0.25) is 0 Å². The Bertz CT molecular complexity index is 967. The number of anilines is 1. The first kappa shape index (κ1) is 20.4. The van der Waals surface area contributed by atoms with Gasteiger partial charge in [0, 0.05) is 44.7 Å². The number of hydrogen-bond donors (Lipinski definition) is 1. The van der Waals surface area contributed by atoms with Crippen LogP contribution in [-0.4, -0.2) is 83.4 Å². The van der Waals surface area contributed by atoms with Crippen molar-refractivity contribution in [1.29, 1.82) is 0 Å². The van der Waals surface area contributed by atoms with Gasteiger partial charge in [-0.25, -0.2) is 9.97 Å². The highest BCUT2D eigenvalue weighted by Crippen LogP contribution is 2.21. The monoisotopic (exact) mass is 420 g/mol. The predicted molar refractivity (Wildman–Crippen MR) is 111 cm³/mol. The van der Waals surface area contributed by atoms with E-state index in [1.54, 1.807) is 8.61 Å². The molecule has 0 radical (unpaired) electrons. The van der Waals surface area contributed by atoms with Crippen LogP contribution in [0.15, 0.2) is 24.3 Å². The van der Waals surface area contributed by atoms with Gasteiger partial charge in [0.1, 0.15) is 11.6 Å². The molecule has 9 nitrogen and oxygen atoms in total. The number of nitrogens with two attached hydrogens (primary N) is 1. The van der Waals surface area contributed by atoms with Gasteiger partial charge in [-0.05, 0) is 26.0 Å². The average molecular weight is 421 g/mol. The normalized spacial score (nSPS) is 25.4. The second-order valence-corrected chi connectivity index (χ2v) is 9.73. The molecule has 2 aliphatic rings. The van der Waals surface area contributed by atoms with Crippen molar-refractivity contribution in [3.05, 3.63) is 30.1 Å². The molecule has 2 aromatic rings. The molecule has 4 rings (SSSR count). The van der Waals surface area contributed by atoms with Crippen molar-refractivity contribution in [2.75, 3.05) is 45.0 Å². The van der Waals surface area contributed by atoms with Crippen molar-refractivity contribution in [3.63, 3.8) is 0 Å². The first-order valence-corrected chi connectivity index (χ1v) is 11.4. The fraction of sp³-hybridized carbons (Fsp3) is 0.579. The van der Waals surface area contributed by atoms with Gasteiger partial charge in [-0.2, -0.15) is 17.0 Å². The maximum absolute atomic E-state index is 13.0. The van der Waals surface area contributed by atoms with E-state index in [9.17, 15) is 8.42 Å². The third-order valence-electron chi connectivity index (χ3n) is 5.41. The van der Waals surface area contributed by atoms with Gasteiger partial charge in [-0.1, -0.05) is 12.1 Å². The number of benzene rings is 1. The largest absolute Gasteiger partial charge is 0.383 e. The number of nitrogen functional groups attached to an aromatic ring is 1. The second-order valence-electron chi connectivity index (χ2n) is 7.80. The minimum absolute atomic E-state index is 0.0923. The molecule has 2 fully saturated rings. The lowest BCUT2D eigenvalue weighted by molar-refractivity contribution is -0.0457. The van der Waals surface area contributed by atoms with Crippen molar-refractivity contribution in [3.8, 4) is 0 Å². The SMILES string of the molecule is C[C@H]1CN(S(=O)(=O)N2CCN(Cc3nc(N)c4ccccc4n3)CC2)C[C@H](C)O1. The van der Waals surface area contributed by atoms with E-state index in [1.165, 1.54) is 0 Å². The Morgan fingerprint density at radius 2 is 1.69 bits per heavy atom. The van der Waals surface area contributed by atoms with Gasteiger partial charge >= 0.3 is 0 Å². The second kappa shape index (κ2) is 8.11. The lowest BCUT2D eigenvalue weighted by atomic mass is 10.2. The molecule has 2 atom stereocenters. The molecule has 0 aliphatic carbocycles. The van der Waals surface area contributed by atoms with Crippen molar-refractivity contribution in [1.82, 2.24) is 23.5 Å². The molecule has 0 saturated carbocycles. The topological polar surface area (TPSA) is 105 Å². The molecule has 1 aromatic carbocycles. The van der Waals surface area contributed by atoms with E-state index >= 15 is 0 Å². The molecule has 3 heterocycles. The summed E-state index contributed by atoms with van der Waals surface area (Å²) in [6.45, 7) is 7.33. The van der Waals surface area contributed by atoms with Crippen LogP contribution < -0.4 is 5.73 Å². The smallest absolute Gasteiger partial charge is 0.282 e. The number of hydrogen-bond acceptors (Lipinski definition) is 7. The Morgan fingerprint density at radius 3 is 2.38 bits per heavy atom. The quantitative estimate of drug-likeness (QED) is 0.776. The Hall–Kier alpha value is -1.85. The Balaban J connectivity index is 1.39. The van der Waals surface area contributed by atoms with Crippen molar-refractivity contribution >= 4 is 26.9 Å². The Kier molecular flexibility index (Phi) is 5.71. The van der Waals surface area contributed by atoms with Crippen LogP contribution in [0, 0.1) is 0 Å². The summed E-state index contributed by atoms with van der Waals surface area (Å²) >= 11 is 0. The van der Waals surface area contributed by atoms with Crippen LogP contribution in [-0.2, 0) is 21.5 Å². The van der Waals surface area contributed by atoms with Crippen LogP contribution in [0.4, 0.5) is 5.82 Å². The molecule has 2 aliphatic heterocycles. The van der Waals surface area contributed by atoms with Gasteiger partial charge in [-0.3, -0.25) is 4.90 Å². The summed E-state index contributed by atoms with van der Waals surface area (Å²) in [6.07, 6.45) is -0.185. The van der Waals surface area contributed by atoms with Gasteiger partial charge in [0.25, 0.3) is 10.2 Å². The zero-order valence-electron chi connectivity index (χ0n) is 16.9. The number of para-hydroxylation sites is 1. The molecule has 158 valence electrons. The number of fused-ring (bicyclic) bond motifs is 1. The summed E-state index contributed by atoms with van der Waals surface area (Å²) in [7, 11) is -3.47. The average Bonchev–Trinajstić information content (AvgIpc) is 2.68. The van der Waals surface area contributed by atoms with Crippen LogP contribution in [0.25, 0.3) is 10.9 Å². The third kappa shape index (κ3) is 4.36. The van der Waals surface area contributed by atoms with Gasteiger partial charge in [0.15, 0.2) is 0 Å². The van der Waals surface area contributed by atoms with Crippen LogP contribution in [0.1, 0.15) is 19.7 Å². The van der Waals surface area contributed by atoms with E-state index in [2.05, 4.69) is 14.9 Å². The highest BCUT2D eigenvalue weighted by molar-refractivity contribution is 7.86. The minimum Gasteiger partial charge on any atom is -0.383 e. The lowest BCUT2D eigenvalue weighted by Gasteiger charge is -2.40. The molecule has 0 unspecified atom stereocenters. The summed E-state index contributed by atoms with van der Waals surface area (Å²) in [6, 6.07) is 7.67. The van der Waals surface area contributed by atoms with Crippen LogP contribution >= 0.6 is 0 Å². The van der Waals surface area contributed by atoms with Crippen LogP contribution in [0.3, 0.4) is 0 Å². The maximum Gasteiger partial charge on any atom is 0.282 e. The molecule has 10 heteroatoms. The molecule has 0 bridgehead atoms. The number of rotatable bonds is 4. The van der Waals surface area contributed by atoms with E-state index in [0.717, 1.165) is 10.9 Å². The van der Waals surface area contributed by atoms with E-state index in [1.807, 2.05) is 38.1 Å². The Labute approximate surface area is 171 Å². The predicted octanol–water partition coefficient (Wildman–Crippen LogP) is 0.684. The number of piperazine rings is 1. The first-order chi connectivity index (χ1) is 13.8. The van der Waals surface area contributed by atoms with E-state index in [4.69, 9.17) is 10.5 Å². The highest BCUT2D eigenvalue weighted by Gasteiger charge is 2.36. The molecule has 1 aromatic heterocycles. The van der Waals surface area contributed by atoms with Crippen LogP contribution in [0.2, 0.25) is 0 Å². The molecular weight excluding hydrogens is 392 g/mol. The van der Waals surface area contributed by atoms with Crippen molar-refractivity contribution in [2.45, 2.75) is 32.6 Å². The summed E-state index contributed by atoms with van der Waals surface area (Å²) in [4.78, 5) is 11.2. The number of nitrogens with zero attached hydrogens (tertiary/aromatic N) is 5. The molecular formula is C19H28N6O3S. The molecule has 2 N–H and O–H groups in total. The van der Waals surface area contributed by atoms with Gasteiger partial charge in [0.05, 0.1) is 24.3 Å². The zero-order chi connectivity index (χ0) is 20.6. The van der Waals surface area contributed by atoms with Crippen molar-refractivity contribution in [2.24, 2.45) is 0 Å². The molecule has 0 amide bonds. The summed E-state index contributed by atoms with van der Waals surface area (Å²) in [5.74, 6) is 1.13. The zero-order valence-corrected chi connectivity index (χ0v) is 17.7. The standard InChI is InChI=1S/C19H28N6O3S/c1-14-11-25(12-15(2)28-14)29(26,27)24-9-7-23(8-10-24)13-18-21-17-6-4-3-5-16(17)19(20)22-18/h3-6,14-15H,7-13H2,1-2H3,(H2,20,21,22)/t14-,15-/m0/s1. The van der Waals surface area contributed by atoms with Gasteiger partial charge in [-0.15, -0.1) is 0 Å². The first-order valence-electron chi connectivity index (χ1n) is 9.97. The van der Waals surface area contributed by atoms with Crippen LogP contribution in [0.5, 0.6) is 0 Å². The number of ether oxygens (including phenoxy) is 1. The maximum atomic E-state index is 13.0. The molecule has 0 spiro atoms. The van der Waals surface area contributed by atoms with Crippen molar-refractivity contribution < 1.29 is 13.2 Å².